The smallest absolute Gasteiger partial charge is 0.164 e. The number of benzene rings is 5. The average Bonchev–Trinajstić information content (AvgIpc) is 3.89. The normalized spacial score (nSPS) is 11.6. The van der Waals surface area contributed by atoms with Gasteiger partial charge in [0.05, 0.1) is 33.4 Å². The van der Waals surface area contributed by atoms with Crippen LogP contribution >= 0.6 is 0 Å². The van der Waals surface area contributed by atoms with Gasteiger partial charge in [-0.3, -0.25) is 19.1 Å². The van der Waals surface area contributed by atoms with E-state index in [-0.39, 0.29) is 0 Å². The molecule has 10 rings (SSSR count). The number of para-hydroxylation sites is 4. The van der Waals surface area contributed by atoms with E-state index in [2.05, 4.69) is 126 Å². The van der Waals surface area contributed by atoms with Gasteiger partial charge in [-0.05, 0) is 89.7 Å². The van der Waals surface area contributed by atoms with Crippen LogP contribution in [0, 0.1) is 0 Å². The fourth-order valence-electron chi connectivity index (χ4n) is 7.76. The number of hydrogen-bond donors (Lipinski definition) is 0. The van der Waals surface area contributed by atoms with E-state index in [1.54, 1.807) is 0 Å². The van der Waals surface area contributed by atoms with E-state index in [1.165, 1.54) is 11.1 Å². The summed E-state index contributed by atoms with van der Waals surface area (Å²) in [6, 6.07) is 47.9. The molecule has 0 unspecified atom stereocenters. The Bertz CT molecular complexity index is 2930. The van der Waals surface area contributed by atoms with Crippen LogP contribution in [0.2, 0.25) is 0 Å². The SMILES string of the molecule is CC(C)c1ccc(-c2nc(-c3ccc(C(C)C)cc3)nc(-c3cc(-c4nc5ccccc5n4-c4ccncc4)cc(-c4nc5ccccc5n4-c4ccncc4)c3)n2)cc1. The van der Waals surface area contributed by atoms with E-state index in [9.17, 15) is 0 Å². The molecule has 9 nitrogen and oxygen atoms in total. The zero-order chi connectivity index (χ0) is 40.7. The van der Waals surface area contributed by atoms with Gasteiger partial charge < -0.3 is 0 Å². The molecule has 0 atom stereocenters. The maximum atomic E-state index is 5.28. The van der Waals surface area contributed by atoms with Crippen LogP contribution in [0.3, 0.4) is 0 Å². The number of fused-ring (bicyclic) bond motifs is 2. The molecule has 0 N–H and O–H groups in total. The Hall–Kier alpha value is -7.65. The summed E-state index contributed by atoms with van der Waals surface area (Å²) in [7, 11) is 0. The van der Waals surface area contributed by atoms with Gasteiger partial charge in [0.1, 0.15) is 11.6 Å². The van der Waals surface area contributed by atoms with E-state index < -0.39 is 0 Å². The number of rotatable bonds is 9. The summed E-state index contributed by atoms with van der Waals surface area (Å²) >= 11 is 0. The van der Waals surface area contributed by atoms with Gasteiger partial charge >= 0.3 is 0 Å². The lowest BCUT2D eigenvalue weighted by molar-refractivity contribution is 0.866. The summed E-state index contributed by atoms with van der Waals surface area (Å²) < 4.78 is 4.37. The van der Waals surface area contributed by atoms with Crippen molar-refractivity contribution in [3.05, 3.63) is 175 Å². The largest absolute Gasteiger partial charge is 0.292 e. The first-order valence-corrected chi connectivity index (χ1v) is 20.3. The first-order valence-electron chi connectivity index (χ1n) is 20.3. The molecule has 0 aliphatic carbocycles. The minimum Gasteiger partial charge on any atom is -0.292 e. The maximum absolute atomic E-state index is 5.28. The number of aromatic nitrogens is 9. The fourth-order valence-corrected chi connectivity index (χ4v) is 7.76. The standard InChI is InChI=1S/C51H41N9/c1-32(2)34-13-17-36(18-14-34)47-56-48(37-19-15-35(16-20-37)33(3)4)58-49(57-47)38-29-39(50-54-43-9-5-7-11-45(43)59(50)41-21-25-52-26-22-41)31-40(30-38)51-55-44-10-6-8-12-46(44)60(51)42-23-27-53-28-24-42/h5-33H,1-4H3. The molecule has 290 valence electrons. The fraction of sp³-hybridized carbons (Fsp3) is 0.118. The first kappa shape index (κ1) is 36.7. The van der Waals surface area contributed by atoms with Gasteiger partial charge in [-0.1, -0.05) is 100 Å². The predicted octanol–water partition coefficient (Wildman–Crippen LogP) is 11.9. The number of pyridine rings is 2. The molecular formula is C51H41N9. The average molecular weight is 780 g/mol. The van der Waals surface area contributed by atoms with E-state index in [1.807, 2.05) is 85.5 Å². The van der Waals surface area contributed by atoms with Crippen molar-refractivity contribution in [3.63, 3.8) is 0 Å². The van der Waals surface area contributed by atoms with Crippen molar-refractivity contribution in [1.29, 1.82) is 0 Å². The first-order chi connectivity index (χ1) is 29.4. The van der Waals surface area contributed by atoms with Crippen LogP contribution in [-0.4, -0.2) is 44.0 Å². The Morgan fingerprint density at radius 2 is 0.733 bits per heavy atom. The van der Waals surface area contributed by atoms with Gasteiger partial charge in [0.15, 0.2) is 17.5 Å². The molecule has 0 aliphatic rings. The molecule has 0 aliphatic heterocycles. The van der Waals surface area contributed by atoms with Crippen LogP contribution in [0.15, 0.2) is 164 Å². The lowest BCUT2D eigenvalue weighted by Gasteiger charge is -2.15. The third-order valence-electron chi connectivity index (χ3n) is 11.0. The van der Waals surface area contributed by atoms with Crippen molar-refractivity contribution in [2.45, 2.75) is 39.5 Å². The summed E-state index contributed by atoms with van der Waals surface area (Å²) in [6.07, 6.45) is 7.23. The van der Waals surface area contributed by atoms with Crippen LogP contribution in [0.1, 0.15) is 50.7 Å². The Labute approximate surface area is 348 Å². The molecule has 0 fully saturated rings. The topological polar surface area (TPSA) is 100 Å². The number of nitrogens with zero attached hydrogens (tertiary/aromatic N) is 9. The second kappa shape index (κ2) is 15.3. The molecule has 9 heteroatoms. The third kappa shape index (κ3) is 6.79. The Balaban J connectivity index is 1.26. The highest BCUT2D eigenvalue weighted by atomic mass is 15.1. The summed E-state index contributed by atoms with van der Waals surface area (Å²) in [5.74, 6) is 4.06. The predicted molar refractivity (Wildman–Crippen MR) is 240 cm³/mol. The lowest BCUT2D eigenvalue weighted by Crippen LogP contribution is -2.03. The summed E-state index contributed by atoms with van der Waals surface area (Å²) in [5.41, 5.74) is 12.5. The van der Waals surface area contributed by atoms with E-state index in [4.69, 9.17) is 24.9 Å². The van der Waals surface area contributed by atoms with Crippen LogP contribution < -0.4 is 0 Å². The van der Waals surface area contributed by atoms with Crippen LogP contribution in [0.5, 0.6) is 0 Å². The molecule has 5 aromatic heterocycles. The van der Waals surface area contributed by atoms with Crippen LogP contribution in [0.25, 0.3) is 90.4 Å². The molecular weight excluding hydrogens is 739 g/mol. The van der Waals surface area contributed by atoms with Gasteiger partial charge in [-0.25, -0.2) is 24.9 Å². The second-order valence-corrected chi connectivity index (χ2v) is 15.6. The Morgan fingerprint density at radius 3 is 1.13 bits per heavy atom. The van der Waals surface area contributed by atoms with Gasteiger partial charge in [0.25, 0.3) is 0 Å². The van der Waals surface area contributed by atoms with Crippen molar-refractivity contribution in [1.82, 2.24) is 44.0 Å². The van der Waals surface area contributed by atoms with Gasteiger partial charge in [-0.2, -0.15) is 0 Å². The molecule has 60 heavy (non-hydrogen) atoms. The molecule has 5 aromatic carbocycles. The highest BCUT2D eigenvalue weighted by Gasteiger charge is 2.22. The van der Waals surface area contributed by atoms with Crippen molar-refractivity contribution in [2.75, 3.05) is 0 Å². The summed E-state index contributed by atoms with van der Waals surface area (Å²) in [4.78, 5) is 34.8. The minimum absolute atomic E-state index is 0.400. The van der Waals surface area contributed by atoms with Crippen molar-refractivity contribution in [2.24, 2.45) is 0 Å². The quantitative estimate of drug-likeness (QED) is 0.144. The van der Waals surface area contributed by atoms with Crippen LogP contribution in [-0.2, 0) is 0 Å². The number of hydrogen-bond acceptors (Lipinski definition) is 7. The molecule has 0 saturated carbocycles. The van der Waals surface area contributed by atoms with Gasteiger partial charge in [-0.15, -0.1) is 0 Å². The molecule has 0 spiro atoms. The third-order valence-corrected chi connectivity index (χ3v) is 11.0. The second-order valence-electron chi connectivity index (χ2n) is 15.6. The summed E-state index contributed by atoms with van der Waals surface area (Å²) in [6.45, 7) is 8.80. The highest BCUT2D eigenvalue weighted by molar-refractivity contribution is 5.88. The van der Waals surface area contributed by atoms with Crippen LogP contribution in [0.4, 0.5) is 0 Å². The molecule has 0 bridgehead atoms. The van der Waals surface area contributed by atoms with E-state index in [0.29, 0.717) is 29.3 Å². The molecule has 5 heterocycles. The van der Waals surface area contributed by atoms with Gasteiger partial charge in [0.2, 0.25) is 0 Å². The zero-order valence-corrected chi connectivity index (χ0v) is 33.8. The van der Waals surface area contributed by atoms with Crippen molar-refractivity contribution in [3.8, 4) is 68.3 Å². The van der Waals surface area contributed by atoms with Crippen molar-refractivity contribution >= 4 is 22.1 Å². The zero-order valence-electron chi connectivity index (χ0n) is 33.8. The van der Waals surface area contributed by atoms with Crippen molar-refractivity contribution < 1.29 is 0 Å². The molecule has 10 aromatic rings. The molecule has 0 saturated heterocycles. The Morgan fingerprint density at radius 1 is 0.367 bits per heavy atom. The lowest BCUT2D eigenvalue weighted by atomic mass is 10.0. The number of imidazole rings is 2. The van der Waals surface area contributed by atoms with Gasteiger partial charge in [0, 0.05) is 52.6 Å². The highest BCUT2D eigenvalue weighted by Crippen LogP contribution is 2.37. The Kier molecular flexibility index (Phi) is 9.33. The molecule has 0 radical (unpaired) electrons. The van der Waals surface area contributed by atoms with E-state index in [0.717, 1.165) is 72.9 Å². The maximum Gasteiger partial charge on any atom is 0.164 e. The minimum atomic E-state index is 0.400. The monoisotopic (exact) mass is 779 g/mol. The summed E-state index contributed by atoms with van der Waals surface area (Å²) in [5, 5.41) is 0. The molecule has 0 amide bonds. The van der Waals surface area contributed by atoms with E-state index >= 15 is 0 Å².